The number of aromatic hydroxyl groups is 1. The standard InChI is InChI=1S/C19H30BN3O7/c1-13(2)11-17(20(27)28)22-30-18(25)16(12-14-3-5-15(24)6-4-14)21-19(26)23-7-9-29-10-8-23/h3-6,13,16-17,22,24,27-28H,7-12H2,1-2H3,(H,21,26)/t16-,17-/m0/s1. The fraction of sp³-hybridized carbons (Fsp3) is 0.579. The van der Waals surface area contributed by atoms with Crippen LogP contribution in [0.1, 0.15) is 25.8 Å². The molecule has 11 heteroatoms. The van der Waals surface area contributed by atoms with E-state index in [1.54, 1.807) is 17.0 Å². The van der Waals surface area contributed by atoms with E-state index < -0.39 is 31.1 Å². The molecule has 2 amide bonds. The molecule has 0 aliphatic carbocycles. The zero-order valence-corrected chi connectivity index (χ0v) is 17.3. The van der Waals surface area contributed by atoms with Gasteiger partial charge in [-0.3, -0.25) is 0 Å². The Morgan fingerprint density at radius 2 is 1.83 bits per heavy atom. The van der Waals surface area contributed by atoms with Crippen LogP contribution < -0.4 is 10.8 Å². The topological polar surface area (TPSA) is 141 Å². The number of morpholine rings is 1. The summed E-state index contributed by atoms with van der Waals surface area (Å²) in [5.74, 6) is -1.40. The van der Waals surface area contributed by atoms with Gasteiger partial charge in [0, 0.05) is 19.5 Å². The number of amides is 2. The Morgan fingerprint density at radius 3 is 2.40 bits per heavy atom. The molecule has 1 saturated heterocycles. The summed E-state index contributed by atoms with van der Waals surface area (Å²) < 4.78 is 5.23. The van der Waals surface area contributed by atoms with E-state index in [0.29, 0.717) is 38.3 Å². The first-order chi connectivity index (χ1) is 14.3. The zero-order chi connectivity index (χ0) is 22.1. The number of nitrogens with zero attached hydrogens (tertiary/aromatic N) is 1. The maximum absolute atomic E-state index is 12.7. The lowest BCUT2D eigenvalue weighted by atomic mass is 9.76. The third kappa shape index (κ3) is 7.83. The fourth-order valence-corrected chi connectivity index (χ4v) is 3.01. The molecule has 1 aromatic carbocycles. The van der Waals surface area contributed by atoms with Gasteiger partial charge in [0.1, 0.15) is 11.8 Å². The molecule has 1 aliphatic rings. The van der Waals surface area contributed by atoms with Gasteiger partial charge < -0.3 is 34.9 Å². The number of hydrogen-bond donors (Lipinski definition) is 5. The average molecular weight is 423 g/mol. The van der Waals surface area contributed by atoms with Crippen molar-refractivity contribution in [1.82, 2.24) is 15.7 Å². The van der Waals surface area contributed by atoms with Crippen molar-refractivity contribution in [1.29, 1.82) is 0 Å². The highest BCUT2D eigenvalue weighted by Crippen LogP contribution is 2.13. The Balaban J connectivity index is 2.05. The first-order valence-electron chi connectivity index (χ1n) is 9.99. The van der Waals surface area contributed by atoms with Gasteiger partial charge >= 0.3 is 19.1 Å². The maximum Gasteiger partial charge on any atom is 0.473 e. The van der Waals surface area contributed by atoms with E-state index in [2.05, 4.69) is 10.8 Å². The summed E-state index contributed by atoms with van der Waals surface area (Å²) in [6.07, 6.45) is 0.501. The smallest absolute Gasteiger partial charge is 0.473 e. The SMILES string of the molecule is CC(C)C[C@H](NOC(=O)[C@H](Cc1ccc(O)cc1)NC(=O)N1CCOCC1)B(O)O. The van der Waals surface area contributed by atoms with Crippen molar-refractivity contribution in [3.8, 4) is 5.75 Å². The average Bonchev–Trinajstić information content (AvgIpc) is 2.72. The van der Waals surface area contributed by atoms with Crippen molar-refractivity contribution in [2.24, 2.45) is 5.92 Å². The predicted molar refractivity (Wildman–Crippen MR) is 109 cm³/mol. The van der Waals surface area contributed by atoms with Gasteiger partial charge in [-0.2, -0.15) is 5.48 Å². The molecule has 0 bridgehead atoms. The number of urea groups is 1. The summed E-state index contributed by atoms with van der Waals surface area (Å²) in [6.45, 7) is 5.47. The van der Waals surface area contributed by atoms with Crippen LogP contribution in [0.4, 0.5) is 4.79 Å². The molecule has 0 spiro atoms. The highest BCUT2D eigenvalue weighted by molar-refractivity contribution is 6.43. The number of ether oxygens (including phenoxy) is 1. The molecule has 2 rings (SSSR count). The molecule has 10 nitrogen and oxygen atoms in total. The van der Waals surface area contributed by atoms with E-state index in [4.69, 9.17) is 9.57 Å². The van der Waals surface area contributed by atoms with Crippen LogP contribution in [-0.4, -0.2) is 77.5 Å². The molecule has 0 unspecified atom stereocenters. The van der Waals surface area contributed by atoms with Crippen molar-refractivity contribution in [3.63, 3.8) is 0 Å². The van der Waals surface area contributed by atoms with Crippen LogP contribution >= 0.6 is 0 Å². The van der Waals surface area contributed by atoms with Crippen LogP contribution in [0.2, 0.25) is 0 Å². The molecule has 1 fully saturated rings. The van der Waals surface area contributed by atoms with E-state index in [-0.39, 0.29) is 18.1 Å². The molecule has 1 aromatic rings. The summed E-state index contributed by atoms with van der Waals surface area (Å²) in [4.78, 5) is 31.9. The van der Waals surface area contributed by atoms with Crippen LogP contribution in [-0.2, 0) is 20.8 Å². The zero-order valence-electron chi connectivity index (χ0n) is 17.3. The number of rotatable bonds is 9. The molecule has 5 N–H and O–H groups in total. The van der Waals surface area contributed by atoms with E-state index in [0.717, 1.165) is 0 Å². The van der Waals surface area contributed by atoms with E-state index in [9.17, 15) is 24.7 Å². The largest absolute Gasteiger partial charge is 0.508 e. The number of phenols is 1. The van der Waals surface area contributed by atoms with Crippen LogP contribution in [0.5, 0.6) is 5.75 Å². The molecule has 30 heavy (non-hydrogen) atoms. The van der Waals surface area contributed by atoms with Gasteiger partial charge in [-0.15, -0.1) is 0 Å². The maximum atomic E-state index is 12.7. The molecular formula is C19H30BN3O7. The van der Waals surface area contributed by atoms with Crippen molar-refractivity contribution < 1.29 is 34.3 Å². The lowest BCUT2D eigenvalue weighted by Gasteiger charge is -2.29. The van der Waals surface area contributed by atoms with Crippen LogP contribution in [0.3, 0.4) is 0 Å². The number of carbonyl (C=O) groups excluding carboxylic acids is 2. The number of hydrogen-bond acceptors (Lipinski definition) is 8. The Morgan fingerprint density at radius 1 is 1.20 bits per heavy atom. The number of hydroxylamine groups is 1. The summed E-state index contributed by atoms with van der Waals surface area (Å²) in [7, 11) is -1.71. The first kappa shape index (κ1) is 23.9. The molecule has 166 valence electrons. The summed E-state index contributed by atoms with van der Waals surface area (Å²) >= 11 is 0. The molecule has 1 aliphatic heterocycles. The van der Waals surface area contributed by atoms with Crippen molar-refractivity contribution in [2.75, 3.05) is 26.3 Å². The number of nitrogens with one attached hydrogen (secondary N) is 2. The van der Waals surface area contributed by atoms with Crippen molar-refractivity contribution in [2.45, 2.75) is 38.7 Å². The number of phenolic OH excluding ortho intramolecular Hbond substituents is 1. The molecule has 0 saturated carbocycles. The van der Waals surface area contributed by atoms with Crippen LogP contribution in [0.25, 0.3) is 0 Å². The molecule has 2 atom stereocenters. The van der Waals surface area contributed by atoms with Gasteiger partial charge in [0.15, 0.2) is 0 Å². The van der Waals surface area contributed by atoms with Crippen LogP contribution in [0, 0.1) is 5.92 Å². The third-order valence-electron chi connectivity index (χ3n) is 4.65. The van der Waals surface area contributed by atoms with Crippen molar-refractivity contribution in [3.05, 3.63) is 29.8 Å². The quantitative estimate of drug-likeness (QED) is 0.272. The Bertz CT molecular complexity index is 681. The Kier molecular flexibility index (Phi) is 9.38. The van der Waals surface area contributed by atoms with E-state index in [1.807, 2.05) is 13.8 Å². The van der Waals surface area contributed by atoms with Gasteiger partial charge in [-0.05, 0) is 30.0 Å². The first-order valence-corrected chi connectivity index (χ1v) is 9.99. The van der Waals surface area contributed by atoms with Gasteiger partial charge in [-0.25, -0.2) is 9.59 Å². The second-order valence-electron chi connectivity index (χ2n) is 7.66. The summed E-state index contributed by atoms with van der Waals surface area (Å²) in [5.41, 5.74) is 3.11. The van der Waals surface area contributed by atoms with E-state index in [1.165, 1.54) is 12.1 Å². The van der Waals surface area contributed by atoms with Crippen molar-refractivity contribution >= 4 is 19.1 Å². The molecular weight excluding hydrogens is 393 g/mol. The molecule has 1 heterocycles. The second-order valence-corrected chi connectivity index (χ2v) is 7.66. The van der Waals surface area contributed by atoms with Gasteiger partial charge in [0.2, 0.25) is 0 Å². The van der Waals surface area contributed by atoms with Crippen LogP contribution in [0.15, 0.2) is 24.3 Å². The molecule has 0 radical (unpaired) electrons. The monoisotopic (exact) mass is 423 g/mol. The van der Waals surface area contributed by atoms with Gasteiger partial charge in [-0.1, -0.05) is 26.0 Å². The van der Waals surface area contributed by atoms with Gasteiger partial charge in [0.25, 0.3) is 0 Å². The molecule has 0 aromatic heterocycles. The minimum atomic E-state index is -1.71. The number of benzene rings is 1. The summed E-state index contributed by atoms with van der Waals surface area (Å²) in [6, 6.07) is 4.82. The summed E-state index contributed by atoms with van der Waals surface area (Å²) in [5, 5.41) is 31.1. The normalized spacial score (nSPS) is 16.1. The fourth-order valence-electron chi connectivity index (χ4n) is 3.01. The lowest BCUT2D eigenvalue weighted by molar-refractivity contribution is -0.154. The van der Waals surface area contributed by atoms with E-state index >= 15 is 0 Å². The minimum Gasteiger partial charge on any atom is -0.508 e. The highest BCUT2D eigenvalue weighted by Gasteiger charge is 2.30. The van der Waals surface area contributed by atoms with Gasteiger partial charge in [0.05, 0.1) is 19.2 Å². The predicted octanol–water partition coefficient (Wildman–Crippen LogP) is -0.180. The number of carbonyl (C=O) groups is 2. The lowest BCUT2D eigenvalue weighted by Crippen LogP contribution is -2.54. The minimum absolute atomic E-state index is 0.0883. The third-order valence-corrected chi connectivity index (χ3v) is 4.65. The Hall–Kier alpha value is -2.34. The second kappa shape index (κ2) is 11.7. The Labute approximate surface area is 176 Å². The highest BCUT2D eigenvalue weighted by atomic mass is 16.7.